The zero-order chi connectivity index (χ0) is 21.0. The van der Waals surface area contributed by atoms with Gasteiger partial charge in [-0.25, -0.2) is 4.39 Å². The van der Waals surface area contributed by atoms with E-state index in [-0.39, 0.29) is 13.2 Å². The van der Waals surface area contributed by atoms with Gasteiger partial charge in [-0.3, -0.25) is 20.4 Å². The predicted octanol–water partition coefficient (Wildman–Crippen LogP) is 3.68. The second-order valence-electron chi connectivity index (χ2n) is 6.63. The number of carbonyl (C=O) groups excluding carboxylic acids is 2. The number of amides is 2. The van der Waals surface area contributed by atoms with Crippen LogP contribution in [0.3, 0.4) is 0 Å². The lowest BCUT2D eigenvalue weighted by Gasteiger charge is -2.11. The molecule has 8 heteroatoms. The van der Waals surface area contributed by atoms with Gasteiger partial charge in [0.1, 0.15) is 10.7 Å². The first-order valence-corrected chi connectivity index (χ1v) is 9.81. The largest absolute Gasteiger partial charge is 0.380 e. The fourth-order valence-electron chi connectivity index (χ4n) is 3.05. The first kappa shape index (κ1) is 20.8. The Bertz CT molecular complexity index is 1060. The number of hydrogen-bond acceptors (Lipinski definition) is 5. The lowest BCUT2D eigenvalue weighted by atomic mass is 10.1. The van der Waals surface area contributed by atoms with Crippen molar-refractivity contribution >= 4 is 38.9 Å². The summed E-state index contributed by atoms with van der Waals surface area (Å²) < 4.78 is 20.0. The van der Waals surface area contributed by atoms with Crippen LogP contribution in [0.2, 0.25) is 0 Å². The summed E-state index contributed by atoms with van der Waals surface area (Å²) in [4.78, 5) is 25.0. The number of ether oxygens (including phenoxy) is 1. The van der Waals surface area contributed by atoms with Crippen LogP contribution < -0.4 is 16.2 Å². The molecule has 0 aliphatic heterocycles. The Labute approximate surface area is 172 Å². The van der Waals surface area contributed by atoms with Crippen molar-refractivity contribution in [3.05, 3.63) is 63.8 Å². The molecule has 152 valence electrons. The highest BCUT2D eigenvalue weighted by molar-refractivity contribution is 7.21. The number of rotatable bonds is 6. The highest BCUT2D eigenvalue weighted by atomic mass is 32.1. The molecule has 0 unspecified atom stereocenters. The van der Waals surface area contributed by atoms with E-state index in [2.05, 4.69) is 16.2 Å². The maximum Gasteiger partial charge on any atom is 0.280 e. The molecule has 0 saturated carbocycles. The van der Waals surface area contributed by atoms with Crippen molar-refractivity contribution in [2.45, 2.75) is 20.5 Å². The van der Waals surface area contributed by atoms with Gasteiger partial charge in [0.25, 0.3) is 11.8 Å². The predicted molar refractivity (Wildman–Crippen MR) is 113 cm³/mol. The minimum Gasteiger partial charge on any atom is -0.380 e. The Kier molecular flexibility index (Phi) is 6.46. The van der Waals surface area contributed by atoms with Crippen LogP contribution in [0.25, 0.3) is 10.1 Å². The number of fused-ring (bicyclic) bond motifs is 1. The van der Waals surface area contributed by atoms with Crippen LogP contribution in [-0.2, 0) is 16.1 Å². The standard InChI is InChI=1S/C21H22FN3O3S/c1-12-7-8-16(13(2)9-12)23-10-18(26)24-25-21(27)20-14(11-28-3)19-15(22)5-4-6-17(19)29-20/h4-9,23H,10-11H2,1-3H3,(H,24,26)(H,25,27). The van der Waals surface area contributed by atoms with Crippen molar-refractivity contribution in [3.8, 4) is 0 Å². The van der Waals surface area contributed by atoms with E-state index in [9.17, 15) is 14.0 Å². The summed E-state index contributed by atoms with van der Waals surface area (Å²) in [6, 6.07) is 10.5. The molecule has 0 aliphatic carbocycles. The van der Waals surface area contributed by atoms with Gasteiger partial charge in [-0.2, -0.15) is 0 Å². The number of aryl methyl sites for hydroxylation is 2. The molecule has 3 aromatic rings. The maximum absolute atomic E-state index is 14.2. The number of thiophene rings is 1. The fraction of sp³-hybridized carbons (Fsp3) is 0.238. The molecule has 29 heavy (non-hydrogen) atoms. The zero-order valence-corrected chi connectivity index (χ0v) is 17.2. The Morgan fingerprint density at radius 3 is 2.66 bits per heavy atom. The van der Waals surface area contributed by atoms with E-state index < -0.39 is 17.6 Å². The second-order valence-corrected chi connectivity index (χ2v) is 7.68. The topological polar surface area (TPSA) is 79.5 Å². The average Bonchev–Trinajstić information content (AvgIpc) is 3.05. The molecular weight excluding hydrogens is 393 g/mol. The smallest absolute Gasteiger partial charge is 0.280 e. The van der Waals surface area contributed by atoms with E-state index in [0.29, 0.717) is 20.5 Å². The Morgan fingerprint density at radius 2 is 1.93 bits per heavy atom. The van der Waals surface area contributed by atoms with E-state index in [4.69, 9.17) is 4.74 Å². The molecule has 2 aromatic carbocycles. The number of anilines is 1. The first-order valence-electron chi connectivity index (χ1n) is 9.00. The van der Waals surface area contributed by atoms with Crippen LogP contribution in [-0.4, -0.2) is 25.5 Å². The van der Waals surface area contributed by atoms with Gasteiger partial charge in [-0.05, 0) is 37.6 Å². The van der Waals surface area contributed by atoms with Gasteiger partial charge in [-0.15, -0.1) is 11.3 Å². The quantitative estimate of drug-likeness (QED) is 0.537. The second kappa shape index (κ2) is 9.02. The van der Waals surface area contributed by atoms with Crippen LogP contribution >= 0.6 is 11.3 Å². The Hall–Kier alpha value is -2.97. The zero-order valence-electron chi connectivity index (χ0n) is 16.4. The van der Waals surface area contributed by atoms with E-state index in [0.717, 1.165) is 28.2 Å². The van der Waals surface area contributed by atoms with Crippen molar-refractivity contribution in [3.63, 3.8) is 0 Å². The molecular formula is C21H22FN3O3S. The molecule has 6 nitrogen and oxygen atoms in total. The monoisotopic (exact) mass is 415 g/mol. The summed E-state index contributed by atoms with van der Waals surface area (Å²) in [7, 11) is 1.48. The maximum atomic E-state index is 14.2. The summed E-state index contributed by atoms with van der Waals surface area (Å²) in [6.07, 6.45) is 0. The molecule has 3 rings (SSSR count). The van der Waals surface area contributed by atoms with Crippen LogP contribution in [0, 0.1) is 19.7 Å². The SMILES string of the molecule is COCc1c(C(=O)NNC(=O)CNc2ccc(C)cc2C)sc2cccc(F)c12. The van der Waals surface area contributed by atoms with Gasteiger partial charge in [-0.1, -0.05) is 23.8 Å². The van der Waals surface area contributed by atoms with Gasteiger partial charge in [0, 0.05) is 28.4 Å². The summed E-state index contributed by atoms with van der Waals surface area (Å²) in [5.74, 6) is -1.33. The van der Waals surface area contributed by atoms with E-state index in [1.807, 2.05) is 32.0 Å². The van der Waals surface area contributed by atoms with Crippen LogP contribution in [0.4, 0.5) is 10.1 Å². The number of hydrogen-bond donors (Lipinski definition) is 3. The lowest BCUT2D eigenvalue weighted by Crippen LogP contribution is -2.44. The molecule has 0 saturated heterocycles. The number of methoxy groups -OCH3 is 1. The van der Waals surface area contributed by atoms with E-state index >= 15 is 0 Å². The molecule has 0 fully saturated rings. The molecule has 1 aromatic heterocycles. The first-order chi connectivity index (χ1) is 13.9. The van der Waals surface area contributed by atoms with Crippen LogP contribution in [0.1, 0.15) is 26.4 Å². The number of halogens is 1. The molecule has 2 amide bonds. The Morgan fingerprint density at radius 1 is 1.14 bits per heavy atom. The lowest BCUT2D eigenvalue weighted by molar-refractivity contribution is -0.120. The third-order valence-corrected chi connectivity index (χ3v) is 5.59. The molecule has 1 heterocycles. The summed E-state index contributed by atoms with van der Waals surface area (Å²) in [6.45, 7) is 4.03. The number of benzene rings is 2. The molecule has 3 N–H and O–H groups in total. The van der Waals surface area contributed by atoms with Crippen molar-refractivity contribution in [1.82, 2.24) is 10.9 Å². The van der Waals surface area contributed by atoms with Crippen LogP contribution in [0.15, 0.2) is 36.4 Å². The number of hydrazine groups is 1. The van der Waals surface area contributed by atoms with Gasteiger partial charge >= 0.3 is 0 Å². The van der Waals surface area contributed by atoms with Crippen molar-refractivity contribution < 1.29 is 18.7 Å². The summed E-state index contributed by atoms with van der Waals surface area (Å²) >= 11 is 1.15. The summed E-state index contributed by atoms with van der Waals surface area (Å²) in [5, 5.41) is 3.40. The Balaban J connectivity index is 1.65. The summed E-state index contributed by atoms with van der Waals surface area (Å²) in [5.41, 5.74) is 8.25. The fourth-order valence-corrected chi connectivity index (χ4v) is 4.16. The van der Waals surface area contributed by atoms with E-state index in [1.165, 1.54) is 13.2 Å². The normalized spacial score (nSPS) is 10.8. The van der Waals surface area contributed by atoms with Crippen molar-refractivity contribution in [1.29, 1.82) is 0 Å². The molecule has 0 aliphatic rings. The highest BCUT2D eigenvalue weighted by Gasteiger charge is 2.21. The highest BCUT2D eigenvalue weighted by Crippen LogP contribution is 2.33. The molecule has 0 bridgehead atoms. The molecule has 0 spiro atoms. The van der Waals surface area contributed by atoms with Gasteiger partial charge in [0.05, 0.1) is 13.2 Å². The molecule has 0 atom stereocenters. The number of nitrogens with one attached hydrogen (secondary N) is 3. The van der Waals surface area contributed by atoms with Gasteiger partial charge in [0.15, 0.2) is 0 Å². The minimum absolute atomic E-state index is 0.00382. The van der Waals surface area contributed by atoms with E-state index in [1.54, 1.807) is 12.1 Å². The van der Waals surface area contributed by atoms with Gasteiger partial charge < -0.3 is 10.1 Å². The third-order valence-electron chi connectivity index (χ3n) is 4.39. The molecule has 0 radical (unpaired) electrons. The van der Waals surface area contributed by atoms with Crippen molar-refractivity contribution in [2.75, 3.05) is 19.0 Å². The number of carbonyl (C=O) groups is 2. The average molecular weight is 415 g/mol. The third kappa shape index (κ3) is 4.72. The van der Waals surface area contributed by atoms with Crippen LogP contribution in [0.5, 0.6) is 0 Å². The minimum atomic E-state index is -0.516. The van der Waals surface area contributed by atoms with Gasteiger partial charge in [0.2, 0.25) is 0 Å². The van der Waals surface area contributed by atoms with Crippen molar-refractivity contribution in [2.24, 2.45) is 0 Å².